The third-order valence-corrected chi connectivity index (χ3v) is 8.93. The van der Waals surface area contributed by atoms with Crippen LogP contribution in [0.4, 0.5) is 5.69 Å². The van der Waals surface area contributed by atoms with Crippen molar-refractivity contribution >= 4 is 55.7 Å². The van der Waals surface area contributed by atoms with Gasteiger partial charge in [-0.15, -0.1) is 0 Å². The van der Waals surface area contributed by atoms with Gasteiger partial charge in [-0.05, 0) is 0 Å². The molecule has 1 atom stereocenters. The van der Waals surface area contributed by atoms with Crippen LogP contribution in [0.5, 0.6) is 0 Å². The Morgan fingerprint density at radius 3 is 2.41 bits per heavy atom. The summed E-state index contributed by atoms with van der Waals surface area (Å²) in [4.78, 5) is 17.2. The van der Waals surface area contributed by atoms with Gasteiger partial charge in [0.25, 0.3) is 0 Å². The Morgan fingerprint density at radius 2 is 1.78 bits per heavy atom. The third kappa shape index (κ3) is 7.76. The maximum atomic E-state index is 10.9. The van der Waals surface area contributed by atoms with Gasteiger partial charge in [-0.3, -0.25) is 0 Å². The number of methoxy groups -OCH3 is 1. The fraction of sp³-hybridized carbons (Fsp3) is 0.320. The molecule has 174 valence electrons. The number of aliphatic hydroxyl groups is 1. The Balaban J connectivity index is 0.000000662. The van der Waals surface area contributed by atoms with Crippen molar-refractivity contribution in [2.24, 2.45) is 0 Å². The number of ether oxygens (including phenoxy) is 1. The van der Waals surface area contributed by atoms with Gasteiger partial charge >= 0.3 is 162 Å². The molecule has 2 aromatic heterocycles. The minimum atomic E-state index is 0.162. The van der Waals surface area contributed by atoms with E-state index in [1.54, 1.807) is 25.6 Å². The number of benzene rings is 1. The number of thioether (sulfide) groups is 1. The van der Waals surface area contributed by atoms with Crippen LogP contribution < -0.4 is 4.90 Å². The zero-order valence-corrected chi connectivity index (χ0v) is 22.9. The minimum absolute atomic E-state index is 0.162. The van der Waals surface area contributed by atoms with Crippen LogP contribution in [0.2, 0.25) is 0 Å². The summed E-state index contributed by atoms with van der Waals surface area (Å²) in [6.45, 7) is 7.21. The zero-order chi connectivity index (χ0) is 23.9. The van der Waals surface area contributed by atoms with E-state index >= 15 is 0 Å². The van der Waals surface area contributed by atoms with Crippen LogP contribution in [0.15, 0.2) is 59.5 Å². The van der Waals surface area contributed by atoms with Gasteiger partial charge in [0.1, 0.15) is 0 Å². The number of para-hydroxylation sites is 1. The number of anilines is 1. The largest absolute Gasteiger partial charge is 0.400 e. The van der Waals surface area contributed by atoms with Gasteiger partial charge in [-0.25, -0.2) is 0 Å². The average molecular weight is 539 g/mol. The molecule has 3 heterocycles. The van der Waals surface area contributed by atoms with Gasteiger partial charge in [0, 0.05) is 21.3 Å². The van der Waals surface area contributed by atoms with E-state index in [9.17, 15) is 4.79 Å². The maximum Gasteiger partial charge on any atom is 0.0351 e. The van der Waals surface area contributed by atoms with Crippen LogP contribution in [0, 0.1) is 0 Å². The van der Waals surface area contributed by atoms with E-state index in [0.29, 0.717) is 5.37 Å². The predicted octanol–water partition coefficient (Wildman–Crippen LogP) is 6.15. The number of carbonyl (C=O) groups excluding carboxylic acids is 1. The van der Waals surface area contributed by atoms with Gasteiger partial charge in [0.2, 0.25) is 0 Å². The molecule has 0 saturated heterocycles. The number of thiophene rings is 1. The molecule has 1 aromatic carbocycles. The molecular weight excluding hydrogens is 505 g/mol. The van der Waals surface area contributed by atoms with Crippen LogP contribution >= 0.6 is 23.1 Å². The number of hydrogen-bond acceptors (Lipinski definition) is 6. The molecule has 4 nitrogen and oxygen atoms in total. The smallest absolute Gasteiger partial charge is 0.0351 e. The van der Waals surface area contributed by atoms with Crippen LogP contribution in [0.1, 0.15) is 34.9 Å². The van der Waals surface area contributed by atoms with Crippen molar-refractivity contribution in [1.82, 2.24) is 0 Å². The summed E-state index contributed by atoms with van der Waals surface area (Å²) in [5, 5.41) is 7.35. The number of nitrogens with zero attached hydrogens (tertiary/aromatic N) is 1. The van der Waals surface area contributed by atoms with E-state index in [4.69, 9.17) is 5.11 Å². The number of aldehydes is 1. The number of rotatable bonds is 5. The summed E-state index contributed by atoms with van der Waals surface area (Å²) >= 11 is 3.88. The van der Waals surface area contributed by atoms with Crippen molar-refractivity contribution in [2.45, 2.75) is 31.0 Å². The second kappa shape index (κ2) is 16.1. The second-order valence-corrected chi connectivity index (χ2v) is 10.7. The summed E-state index contributed by atoms with van der Waals surface area (Å²) in [5.74, 6) is 0. The number of aliphatic hydroxyl groups excluding tert-OH is 1. The Morgan fingerprint density at radius 1 is 1.09 bits per heavy atom. The molecule has 32 heavy (non-hydrogen) atoms. The molecule has 4 rings (SSSR count). The Hall–Kier alpha value is -1.60. The molecular formula is C25H33NO3S2Se. The first-order valence-corrected chi connectivity index (χ1v) is 13.8. The molecule has 1 N–H and O–H groups in total. The van der Waals surface area contributed by atoms with Gasteiger partial charge in [-0.1, -0.05) is 13.8 Å². The van der Waals surface area contributed by atoms with Crippen molar-refractivity contribution in [3.05, 3.63) is 63.9 Å². The molecule has 0 amide bonds. The molecule has 1 aliphatic heterocycles. The fourth-order valence-electron chi connectivity index (χ4n) is 2.92. The fourth-order valence-corrected chi connectivity index (χ4v) is 7.07. The first-order chi connectivity index (χ1) is 15.7. The van der Waals surface area contributed by atoms with Crippen LogP contribution in [-0.2, 0) is 4.74 Å². The molecule has 0 radical (unpaired) electrons. The molecule has 1 unspecified atom stereocenters. The Labute approximate surface area is 206 Å². The number of fused-ring (bicyclic) bond motifs is 1. The predicted molar refractivity (Wildman–Crippen MR) is 143 cm³/mol. The molecule has 0 fully saturated rings. The molecule has 0 bridgehead atoms. The first-order valence-electron chi connectivity index (χ1n) is 10.4. The number of carbonyl (C=O) groups is 1. The molecule has 7 heteroatoms. The van der Waals surface area contributed by atoms with Gasteiger partial charge in [0.05, 0.1) is 0 Å². The topological polar surface area (TPSA) is 49.8 Å². The second-order valence-electron chi connectivity index (χ2n) is 6.05. The van der Waals surface area contributed by atoms with E-state index in [2.05, 4.69) is 71.2 Å². The van der Waals surface area contributed by atoms with E-state index < -0.39 is 0 Å². The van der Waals surface area contributed by atoms with Crippen LogP contribution in [0.25, 0.3) is 15.4 Å². The first kappa shape index (κ1) is 28.4. The van der Waals surface area contributed by atoms with Gasteiger partial charge in [-0.2, -0.15) is 0 Å². The maximum absolute atomic E-state index is 10.9. The monoisotopic (exact) mass is 539 g/mol. The number of hydrogen-bond donors (Lipinski definition) is 1. The molecule has 3 aromatic rings. The molecule has 0 saturated carbocycles. The summed E-state index contributed by atoms with van der Waals surface area (Å²) in [6, 6.07) is 17.0. The normalized spacial score (nSPS) is 13.8. The molecule has 0 aliphatic carbocycles. The van der Waals surface area contributed by atoms with Crippen molar-refractivity contribution < 1.29 is 14.6 Å². The zero-order valence-electron chi connectivity index (χ0n) is 19.6. The van der Waals surface area contributed by atoms with Crippen LogP contribution in [0.3, 0.4) is 0 Å². The molecule has 0 spiro atoms. The SMILES string of the molecule is CC.CCN1c2ccccc2SC1/C=C/c1ccc(-c2ccc(C=O)[se]2)s1.CO.COC. The van der Waals surface area contributed by atoms with Crippen molar-refractivity contribution in [3.63, 3.8) is 0 Å². The standard InChI is InChI=1S/C20H17NOS2Se.C2H6O.C2H6.CH4O/c1-2-21-16-5-3-4-6-17(16)24-20(21)12-8-14-7-10-18(23-14)19-11-9-15(13-22)25-19;1-3-2;2*1-2/h3-13,20H,2H2,1H3;1-2H3;1-2H3;2H,1H3/b12-8+;;;. The van der Waals surface area contributed by atoms with Crippen molar-refractivity contribution in [1.29, 1.82) is 0 Å². The van der Waals surface area contributed by atoms with Crippen molar-refractivity contribution in [2.75, 3.05) is 32.8 Å². The van der Waals surface area contributed by atoms with Gasteiger partial charge in [0.15, 0.2) is 0 Å². The quantitative estimate of drug-likeness (QED) is 0.312. The summed E-state index contributed by atoms with van der Waals surface area (Å²) in [6.07, 6.45) is 5.51. The average Bonchev–Trinajstić information content (AvgIpc) is 3.58. The summed E-state index contributed by atoms with van der Waals surface area (Å²) < 4.78 is 6.48. The summed E-state index contributed by atoms with van der Waals surface area (Å²) in [5.41, 5.74) is 1.34. The Bertz CT molecular complexity index is 952. The number of likely N-dealkylation sites (N-methyl/N-ethyl adjacent to an activating group) is 1. The molecule has 1 aliphatic rings. The van der Waals surface area contributed by atoms with Crippen molar-refractivity contribution in [3.8, 4) is 9.31 Å². The third-order valence-electron chi connectivity index (χ3n) is 4.11. The minimum Gasteiger partial charge on any atom is -0.400 e. The van der Waals surface area contributed by atoms with Crippen LogP contribution in [-0.4, -0.2) is 59.1 Å². The van der Waals surface area contributed by atoms with E-state index in [0.717, 1.165) is 24.4 Å². The summed E-state index contributed by atoms with van der Waals surface area (Å²) in [7, 11) is 4.25. The Kier molecular flexibility index (Phi) is 14.3. The van der Waals surface area contributed by atoms with E-state index in [1.807, 2.05) is 31.7 Å². The van der Waals surface area contributed by atoms with Gasteiger partial charge < -0.3 is 9.84 Å². The van der Waals surface area contributed by atoms with E-state index in [1.165, 1.54) is 24.8 Å². The van der Waals surface area contributed by atoms with E-state index in [-0.39, 0.29) is 14.5 Å².